The van der Waals surface area contributed by atoms with E-state index in [0.717, 1.165) is 71.1 Å². The van der Waals surface area contributed by atoms with Crippen molar-refractivity contribution in [1.29, 1.82) is 0 Å². The third kappa shape index (κ3) is 3.39. The van der Waals surface area contributed by atoms with E-state index in [1.807, 2.05) is 35.8 Å². The first-order chi connectivity index (χ1) is 15.1. The molecule has 0 saturated carbocycles. The van der Waals surface area contributed by atoms with E-state index >= 15 is 0 Å². The van der Waals surface area contributed by atoms with Crippen LogP contribution in [0.1, 0.15) is 30.2 Å². The Morgan fingerprint density at radius 2 is 1.81 bits per heavy atom. The number of fused-ring (bicyclic) bond motifs is 2. The van der Waals surface area contributed by atoms with Crippen LogP contribution in [-0.2, 0) is 25.1 Å². The molecule has 0 unspecified atom stereocenters. The van der Waals surface area contributed by atoms with Crippen molar-refractivity contribution in [3.8, 4) is 11.4 Å². The van der Waals surface area contributed by atoms with Crippen LogP contribution >= 0.6 is 11.8 Å². The van der Waals surface area contributed by atoms with Gasteiger partial charge in [0.15, 0.2) is 22.6 Å². The lowest BCUT2D eigenvalue weighted by Gasteiger charge is -2.14. The van der Waals surface area contributed by atoms with Gasteiger partial charge in [-0.3, -0.25) is 4.98 Å². The monoisotopic (exact) mass is 440 g/mol. The maximum Gasteiger partial charge on any atom is 0.191 e. The van der Waals surface area contributed by atoms with Crippen LogP contribution in [0.4, 0.5) is 13.2 Å². The van der Waals surface area contributed by atoms with E-state index in [1.54, 1.807) is 0 Å². The Bertz CT molecular complexity index is 1300. The number of aryl methyl sites for hydroxylation is 1. The molecular weight excluding hydrogens is 421 g/mol. The predicted octanol–water partition coefficient (Wildman–Crippen LogP) is 5.71. The number of aromatic nitrogens is 4. The molecule has 31 heavy (non-hydrogen) atoms. The van der Waals surface area contributed by atoms with Gasteiger partial charge < -0.3 is 4.57 Å². The van der Waals surface area contributed by atoms with Gasteiger partial charge in [0, 0.05) is 34.5 Å². The van der Waals surface area contributed by atoms with Gasteiger partial charge in [-0.05, 0) is 49.9 Å². The number of hydrogen-bond donors (Lipinski definition) is 0. The molecule has 0 radical (unpaired) electrons. The molecule has 4 nitrogen and oxygen atoms in total. The summed E-state index contributed by atoms with van der Waals surface area (Å²) in [7, 11) is 0. The standard InChI is InChI=1S/C23H19F3N4S/c1-2-30-22(20-13-6-3-4-8-18(13)27-19-9-5-7-14(19)20)28-29-23(30)31-12-15-16(24)10-11-17(25)21(15)26/h3-4,6,8,10-11H,2,5,7,9,12H2,1H3. The summed E-state index contributed by atoms with van der Waals surface area (Å²) in [5, 5.41) is 10.3. The number of pyridine rings is 1. The second kappa shape index (κ2) is 8.00. The van der Waals surface area contributed by atoms with Gasteiger partial charge >= 0.3 is 0 Å². The van der Waals surface area contributed by atoms with Crippen LogP contribution in [-0.4, -0.2) is 19.7 Å². The maximum absolute atomic E-state index is 14.1. The minimum Gasteiger partial charge on any atom is -0.302 e. The molecule has 2 heterocycles. The third-order valence-corrected chi connectivity index (χ3v) is 6.65. The van der Waals surface area contributed by atoms with Crippen molar-refractivity contribution in [1.82, 2.24) is 19.7 Å². The van der Waals surface area contributed by atoms with Crippen molar-refractivity contribution < 1.29 is 13.2 Å². The van der Waals surface area contributed by atoms with Crippen molar-refractivity contribution in [2.45, 2.75) is 43.6 Å². The fourth-order valence-electron chi connectivity index (χ4n) is 4.17. The fraction of sp³-hybridized carbons (Fsp3) is 0.261. The van der Waals surface area contributed by atoms with E-state index in [-0.39, 0.29) is 11.3 Å². The summed E-state index contributed by atoms with van der Waals surface area (Å²) >= 11 is 1.14. The van der Waals surface area contributed by atoms with Gasteiger partial charge in [-0.2, -0.15) is 0 Å². The molecule has 0 amide bonds. The predicted molar refractivity (Wildman–Crippen MR) is 114 cm³/mol. The van der Waals surface area contributed by atoms with Crippen LogP contribution in [0.15, 0.2) is 41.6 Å². The minimum atomic E-state index is -1.16. The van der Waals surface area contributed by atoms with E-state index in [4.69, 9.17) is 4.98 Å². The maximum atomic E-state index is 14.1. The van der Waals surface area contributed by atoms with Crippen molar-refractivity contribution in [3.05, 3.63) is 70.7 Å². The zero-order valence-corrected chi connectivity index (χ0v) is 17.6. The van der Waals surface area contributed by atoms with E-state index in [2.05, 4.69) is 10.2 Å². The summed E-state index contributed by atoms with van der Waals surface area (Å²) in [5.41, 5.74) is 3.94. The molecular formula is C23H19F3N4S. The van der Waals surface area contributed by atoms with Gasteiger partial charge in [-0.15, -0.1) is 10.2 Å². The Morgan fingerprint density at radius 1 is 1.00 bits per heavy atom. The highest BCUT2D eigenvalue weighted by Gasteiger charge is 2.25. The molecule has 8 heteroatoms. The molecule has 0 atom stereocenters. The molecule has 1 aliphatic carbocycles. The largest absolute Gasteiger partial charge is 0.302 e. The molecule has 0 spiro atoms. The summed E-state index contributed by atoms with van der Waals surface area (Å²) in [6.07, 6.45) is 2.92. The summed E-state index contributed by atoms with van der Waals surface area (Å²) in [4.78, 5) is 4.83. The van der Waals surface area contributed by atoms with Crippen LogP contribution in [0.25, 0.3) is 22.3 Å². The zero-order valence-electron chi connectivity index (χ0n) is 16.8. The zero-order chi connectivity index (χ0) is 21.5. The Kier molecular flexibility index (Phi) is 5.17. The molecule has 0 fully saturated rings. The van der Waals surface area contributed by atoms with Crippen molar-refractivity contribution in [3.63, 3.8) is 0 Å². The lowest BCUT2D eigenvalue weighted by atomic mass is 10.0. The van der Waals surface area contributed by atoms with E-state index in [1.165, 1.54) is 5.56 Å². The van der Waals surface area contributed by atoms with E-state index in [9.17, 15) is 13.2 Å². The third-order valence-electron chi connectivity index (χ3n) is 5.66. The second-order valence-corrected chi connectivity index (χ2v) is 8.39. The molecule has 2 aromatic carbocycles. The number of hydrogen-bond acceptors (Lipinski definition) is 4. The summed E-state index contributed by atoms with van der Waals surface area (Å²) in [6.45, 7) is 2.56. The average Bonchev–Trinajstić information content (AvgIpc) is 3.41. The molecule has 158 valence electrons. The smallest absolute Gasteiger partial charge is 0.191 e. The van der Waals surface area contributed by atoms with Gasteiger partial charge in [0.1, 0.15) is 5.82 Å². The van der Waals surface area contributed by atoms with Crippen LogP contribution in [0, 0.1) is 17.5 Å². The number of nitrogens with zero attached hydrogens (tertiary/aromatic N) is 4. The van der Waals surface area contributed by atoms with Gasteiger partial charge in [0.05, 0.1) is 5.52 Å². The van der Waals surface area contributed by atoms with Crippen LogP contribution in [0.3, 0.4) is 0 Å². The number of halogens is 3. The van der Waals surface area contributed by atoms with Crippen molar-refractivity contribution in [2.24, 2.45) is 0 Å². The Morgan fingerprint density at radius 3 is 2.65 bits per heavy atom. The van der Waals surface area contributed by atoms with Gasteiger partial charge in [-0.1, -0.05) is 30.0 Å². The van der Waals surface area contributed by atoms with Gasteiger partial charge in [-0.25, -0.2) is 13.2 Å². The lowest BCUT2D eigenvalue weighted by Crippen LogP contribution is -2.04. The highest BCUT2D eigenvalue weighted by molar-refractivity contribution is 7.98. The topological polar surface area (TPSA) is 43.6 Å². The summed E-state index contributed by atoms with van der Waals surface area (Å²) in [6, 6.07) is 9.71. The number of rotatable bonds is 5. The molecule has 1 aliphatic rings. The Labute approximate surface area is 181 Å². The first-order valence-corrected chi connectivity index (χ1v) is 11.2. The summed E-state index contributed by atoms with van der Waals surface area (Å²) in [5.74, 6) is -2.35. The highest BCUT2D eigenvalue weighted by Crippen LogP contribution is 2.38. The second-order valence-electron chi connectivity index (χ2n) is 7.44. The van der Waals surface area contributed by atoms with Crippen molar-refractivity contribution >= 4 is 22.7 Å². The molecule has 0 saturated heterocycles. The Balaban J connectivity index is 1.58. The number of para-hydroxylation sites is 1. The van der Waals surface area contributed by atoms with Crippen LogP contribution in [0.2, 0.25) is 0 Å². The van der Waals surface area contributed by atoms with Crippen molar-refractivity contribution in [2.75, 3.05) is 0 Å². The fourth-order valence-corrected chi connectivity index (χ4v) is 5.18. The summed E-state index contributed by atoms with van der Waals surface area (Å²) < 4.78 is 43.6. The molecule has 0 aliphatic heterocycles. The van der Waals surface area contributed by atoms with Crippen LogP contribution in [0.5, 0.6) is 0 Å². The molecule has 0 bridgehead atoms. The molecule has 2 aromatic heterocycles. The lowest BCUT2D eigenvalue weighted by molar-refractivity contribution is 0.485. The van der Waals surface area contributed by atoms with E-state index < -0.39 is 17.5 Å². The highest BCUT2D eigenvalue weighted by atomic mass is 32.2. The first-order valence-electron chi connectivity index (χ1n) is 10.2. The normalized spacial score (nSPS) is 13.2. The molecule has 5 rings (SSSR count). The average molecular weight is 440 g/mol. The minimum absolute atomic E-state index is 0.0806. The molecule has 0 N–H and O–H groups in total. The molecule has 4 aromatic rings. The Hall–Kier alpha value is -2.87. The van der Waals surface area contributed by atoms with Gasteiger partial charge in [0.25, 0.3) is 0 Å². The first kappa shape index (κ1) is 20.1. The van der Waals surface area contributed by atoms with E-state index in [0.29, 0.717) is 11.7 Å². The quantitative estimate of drug-likeness (QED) is 0.294. The number of thioether (sulfide) groups is 1. The van der Waals surface area contributed by atoms with Crippen LogP contribution < -0.4 is 0 Å². The number of benzene rings is 2. The SMILES string of the molecule is CCn1c(SCc2c(F)ccc(F)c2F)nnc1-c1c2c(nc3ccccc13)CCC2. The van der Waals surface area contributed by atoms with Gasteiger partial charge in [0.2, 0.25) is 0 Å².